The van der Waals surface area contributed by atoms with Gasteiger partial charge < -0.3 is 17.0 Å². The summed E-state index contributed by atoms with van der Waals surface area (Å²) in [5, 5.41) is 0. The molecule has 0 heterocycles. The van der Waals surface area contributed by atoms with Crippen molar-refractivity contribution in [2.45, 2.75) is 135 Å². The van der Waals surface area contributed by atoms with Crippen molar-refractivity contribution in [3.05, 3.63) is 0 Å². The van der Waals surface area contributed by atoms with E-state index in [1.165, 1.54) is 135 Å². The zero-order valence-corrected chi connectivity index (χ0v) is 22.2. The molecule has 0 aliphatic heterocycles. The Labute approximate surface area is 185 Å². The van der Waals surface area contributed by atoms with Crippen LogP contribution in [0.2, 0.25) is 0 Å². The maximum Gasteiger partial charge on any atom is 0.0586 e. The molecule has 0 aliphatic rings. The second-order valence-electron chi connectivity index (χ2n) is 9.73. The molecule has 0 bridgehead atoms. The van der Waals surface area contributed by atoms with E-state index in [2.05, 4.69) is 26.9 Å². The fourth-order valence-corrected chi connectivity index (χ4v) is 5.01. The van der Waals surface area contributed by atoms with Crippen molar-refractivity contribution in [3.63, 3.8) is 0 Å². The predicted octanol–water partition coefficient (Wildman–Crippen LogP) is 6.72. The minimum absolute atomic E-state index is 0. The number of hydrogen-bond acceptors (Lipinski definition) is 0. The van der Waals surface area contributed by atoms with Crippen molar-refractivity contribution in [2.24, 2.45) is 0 Å². The lowest BCUT2D eigenvalue weighted by atomic mass is 10.0. The fraction of sp³-hybridized carbons (Fsp3) is 1.00. The van der Waals surface area contributed by atoms with Crippen LogP contribution in [-0.2, 0) is 0 Å². The summed E-state index contributed by atoms with van der Waals surface area (Å²) in [6.07, 6.45) is 31.1. The van der Waals surface area contributed by atoms with Gasteiger partial charge in [0.05, 0.1) is 6.16 Å². The molecular formula is C25H54BrP. The van der Waals surface area contributed by atoms with Crippen LogP contribution >= 0.6 is 7.26 Å². The van der Waals surface area contributed by atoms with Gasteiger partial charge in [0.25, 0.3) is 0 Å². The standard InChI is InChI=1S/C25H54P.BrH/c1-5-6-7-8-9-10-11-12-13-14-15-16-17-18-19-20-21-22-23-24-25-26(2,3)4;/h5-25H2,1-4H3;1H/q+1;/p-1. The van der Waals surface area contributed by atoms with Gasteiger partial charge in [-0.05, 0) is 12.8 Å². The van der Waals surface area contributed by atoms with Crippen molar-refractivity contribution in [2.75, 3.05) is 26.2 Å². The van der Waals surface area contributed by atoms with Crippen LogP contribution in [-0.4, -0.2) is 26.2 Å². The predicted molar refractivity (Wildman–Crippen MR) is 128 cm³/mol. The van der Waals surface area contributed by atoms with E-state index in [4.69, 9.17) is 0 Å². The topological polar surface area (TPSA) is 0 Å². The maximum atomic E-state index is 2.47. The van der Waals surface area contributed by atoms with Crippen molar-refractivity contribution in [1.82, 2.24) is 0 Å². The molecule has 0 saturated carbocycles. The lowest BCUT2D eigenvalue weighted by Gasteiger charge is -2.10. The summed E-state index contributed by atoms with van der Waals surface area (Å²) in [6.45, 7) is 9.73. The molecule has 0 rings (SSSR count). The van der Waals surface area contributed by atoms with E-state index in [1.807, 2.05) is 0 Å². The monoisotopic (exact) mass is 464 g/mol. The first-order valence-corrected chi connectivity index (χ1v) is 15.7. The third-order valence-corrected chi connectivity index (χ3v) is 7.34. The van der Waals surface area contributed by atoms with Gasteiger partial charge in [0.15, 0.2) is 0 Å². The maximum absolute atomic E-state index is 2.47. The van der Waals surface area contributed by atoms with Crippen LogP contribution in [0.1, 0.15) is 135 Å². The Bertz CT molecular complexity index is 260. The van der Waals surface area contributed by atoms with E-state index in [9.17, 15) is 0 Å². The molecule has 0 aliphatic carbocycles. The normalized spacial score (nSPS) is 11.6. The Balaban J connectivity index is 0. The van der Waals surface area contributed by atoms with Crippen molar-refractivity contribution >= 4 is 7.26 Å². The van der Waals surface area contributed by atoms with E-state index in [1.54, 1.807) is 0 Å². The number of hydrogen-bond donors (Lipinski definition) is 0. The van der Waals surface area contributed by atoms with Gasteiger partial charge in [0.1, 0.15) is 0 Å². The van der Waals surface area contributed by atoms with E-state index in [0.717, 1.165) is 0 Å². The Morgan fingerprint density at radius 1 is 0.370 bits per heavy atom. The van der Waals surface area contributed by atoms with Crippen molar-refractivity contribution in [1.29, 1.82) is 0 Å². The van der Waals surface area contributed by atoms with Gasteiger partial charge in [-0.1, -0.05) is 122 Å². The Hall–Kier alpha value is 0.910. The molecular weight excluding hydrogens is 411 g/mol. The highest BCUT2D eigenvalue weighted by Crippen LogP contribution is 2.47. The van der Waals surface area contributed by atoms with Crippen LogP contribution in [0.5, 0.6) is 0 Å². The Kier molecular flexibility index (Phi) is 25.9. The average Bonchev–Trinajstić information content (AvgIpc) is 2.59. The first kappa shape index (κ1) is 30.1. The van der Waals surface area contributed by atoms with Gasteiger partial charge in [0, 0.05) is 27.3 Å². The molecule has 27 heavy (non-hydrogen) atoms. The zero-order chi connectivity index (χ0) is 19.3. The molecule has 0 spiro atoms. The summed E-state index contributed by atoms with van der Waals surface area (Å²) in [7, 11) is -0.510. The molecule has 0 aromatic rings. The molecule has 0 amide bonds. The van der Waals surface area contributed by atoms with E-state index >= 15 is 0 Å². The third kappa shape index (κ3) is 29.2. The quantitative estimate of drug-likeness (QED) is 0.130. The highest BCUT2D eigenvalue weighted by Gasteiger charge is 2.15. The molecule has 0 nitrogen and oxygen atoms in total. The zero-order valence-electron chi connectivity index (χ0n) is 19.7. The highest BCUT2D eigenvalue weighted by molar-refractivity contribution is 7.73. The van der Waals surface area contributed by atoms with Gasteiger partial charge in [-0.3, -0.25) is 0 Å². The molecule has 0 unspecified atom stereocenters. The molecule has 166 valence electrons. The lowest BCUT2D eigenvalue weighted by Crippen LogP contribution is -3.00. The van der Waals surface area contributed by atoms with Crippen LogP contribution < -0.4 is 17.0 Å². The SMILES string of the molecule is CCCCCCCCCCCCCCCCCCCCCC[P+](C)(C)C.[Br-]. The Morgan fingerprint density at radius 2 is 0.593 bits per heavy atom. The van der Waals surface area contributed by atoms with E-state index < -0.39 is 7.26 Å². The summed E-state index contributed by atoms with van der Waals surface area (Å²) < 4.78 is 0. The first-order chi connectivity index (χ1) is 12.6. The van der Waals surface area contributed by atoms with Gasteiger partial charge in [-0.25, -0.2) is 0 Å². The van der Waals surface area contributed by atoms with Gasteiger partial charge in [-0.15, -0.1) is 0 Å². The number of halogens is 1. The minimum Gasteiger partial charge on any atom is -1.00 e. The highest BCUT2D eigenvalue weighted by atomic mass is 79.9. The molecule has 0 fully saturated rings. The minimum atomic E-state index is -0.510. The number of rotatable bonds is 21. The number of unbranched alkanes of at least 4 members (excludes halogenated alkanes) is 19. The van der Waals surface area contributed by atoms with Crippen molar-refractivity contribution < 1.29 is 17.0 Å². The summed E-state index contributed by atoms with van der Waals surface area (Å²) in [5.41, 5.74) is 0. The van der Waals surface area contributed by atoms with Gasteiger partial charge in [-0.2, -0.15) is 0 Å². The van der Waals surface area contributed by atoms with Gasteiger partial charge >= 0.3 is 0 Å². The largest absolute Gasteiger partial charge is 1.00 e. The summed E-state index contributed by atoms with van der Waals surface area (Å²) >= 11 is 0. The van der Waals surface area contributed by atoms with Gasteiger partial charge in [0.2, 0.25) is 0 Å². The lowest BCUT2D eigenvalue weighted by molar-refractivity contribution is -0.00000609. The fourth-order valence-electron chi connectivity index (χ4n) is 3.84. The first-order valence-electron chi connectivity index (χ1n) is 12.4. The van der Waals surface area contributed by atoms with Crippen LogP contribution in [0.25, 0.3) is 0 Å². The van der Waals surface area contributed by atoms with Crippen LogP contribution in [0.15, 0.2) is 0 Å². The molecule has 0 saturated heterocycles. The van der Waals surface area contributed by atoms with E-state index in [0.29, 0.717) is 0 Å². The molecule has 0 N–H and O–H groups in total. The average molecular weight is 466 g/mol. The summed E-state index contributed by atoms with van der Waals surface area (Å²) in [5.74, 6) is 0. The van der Waals surface area contributed by atoms with E-state index in [-0.39, 0.29) is 17.0 Å². The Morgan fingerprint density at radius 3 is 0.815 bits per heavy atom. The molecule has 2 heteroatoms. The molecule has 0 aromatic heterocycles. The van der Waals surface area contributed by atoms with Crippen molar-refractivity contribution in [3.8, 4) is 0 Å². The third-order valence-electron chi connectivity index (χ3n) is 5.68. The van der Waals surface area contributed by atoms with Crippen LogP contribution in [0.4, 0.5) is 0 Å². The van der Waals surface area contributed by atoms with Crippen LogP contribution in [0, 0.1) is 0 Å². The smallest absolute Gasteiger partial charge is 0.0586 e. The molecule has 0 radical (unpaired) electrons. The second-order valence-corrected chi connectivity index (χ2v) is 14.8. The molecule has 0 atom stereocenters. The summed E-state index contributed by atoms with van der Waals surface area (Å²) in [4.78, 5) is 0. The second kappa shape index (κ2) is 23.2. The molecule has 0 aromatic carbocycles. The van der Waals surface area contributed by atoms with Crippen LogP contribution in [0.3, 0.4) is 0 Å². The summed E-state index contributed by atoms with van der Waals surface area (Å²) in [6, 6.07) is 0.